The summed E-state index contributed by atoms with van der Waals surface area (Å²) >= 11 is 0. The number of hydrogen-bond acceptors (Lipinski definition) is 3. The van der Waals surface area contributed by atoms with Gasteiger partial charge in [0.25, 0.3) is 0 Å². The van der Waals surface area contributed by atoms with Gasteiger partial charge in [-0.2, -0.15) is 5.26 Å². The van der Waals surface area contributed by atoms with Crippen LogP contribution < -0.4 is 10.1 Å². The molecule has 102 valence electrons. The van der Waals surface area contributed by atoms with Gasteiger partial charge in [0.2, 0.25) is 0 Å². The van der Waals surface area contributed by atoms with Gasteiger partial charge in [-0.1, -0.05) is 12.1 Å². The van der Waals surface area contributed by atoms with E-state index in [-0.39, 0.29) is 11.9 Å². The van der Waals surface area contributed by atoms with Gasteiger partial charge in [0.15, 0.2) is 0 Å². The maximum Gasteiger partial charge on any atom is 0.144 e. The van der Waals surface area contributed by atoms with Crippen molar-refractivity contribution in [2.45, 2.75) is 13.0 Å². The molecule has 0 saturated heterocycles. The second-order valence-electron chi connectivity index (χ2n) is 4.44. The highest BCUT2D eigenvalue weighted by Gasteiger charge is 2.09. The van der Waals surface area contributed by atoms with Crippen LogP contribution >= 0.6 is 0 Å². The van der Waals surface area contributed by atoms with Crippen LogP contribution in [0, 0.1) is 17.1 Å². The van der Waals surface area contributed by atoms with Crippen LogP contribution in [0.3, 0.4) is 0 Å². The number of anilines is 1. The Morgan fingerprint density at radius 2 is 1.90 bits per heavy atom. The summed E-state index contributed by atoms with van der Waals surface area (Å²) in [5, 5.41) is 12.0. The summed E-state index contributed by atoms with van der Waals surface area (Å²) in [6, 6.07) is 13.8. The number of benzene rings is 2. The zero-order valence-electron chi connectivity index (χ0n) is 11.4. The quantitative estimate of drug-likeness (QED) is 0.917. The molecule has 2 aromatic carbocycles. The van der Waals surface area contributed by atoms with Gasteiger partial charge in [-0.3, -0.25) is 0 Å². The van der Waals surface area contributed by atoms with E-state index in [0.29, 0.717) is 11.3 Å². The van der Waals surface area contributed by atoms with Gasteiger partial charge >= 0.3 is 0 Å². The van der Waals surface area contributed by atoms with Gasteiger partial charge in [0, 0.05) is 12.1 Å². The molecule has 0 saturated carbocycles. The number of nitrogens with one attached hydrogen (secondary N) is 1. The Morgan fingerprint density at radius 1 is 1.20 bits per heavy atom. The summed E-state index contributed by atoms with van der Waals surface area (Å²) in [7, 11) is 1.51. The fraction of sp³-hybridized carbons (Fsp3) is 0.188. The molecule has 0 aromatic heterocycles. The second-order valence-corrected chi connectivity index (χ2v) is 4.44. The molecule has 0 radical (unpaired) electrons. The van der Waals surface area contributed by atoms with Gasteiger partial charge < -0.3 is 10.1 Å². The molecule has 0 heterocycles. The van der Waals surface area contributed by atoms with Crippen molar-refractivity contribution in [1.82, 2.24) is 0 Å². The van der Waals surface area contributed by atoms with Crippen LogP contribution in [0.25, 0.3) is 0 Å². The maximum atomic E-state index is 13.1. The summed E-state index contributed by atoms with van der Waals surface area (Å²) in [5.41, 5.74) is 2.39. The van der Waals surface area contributed by atoms with Crippen LogP contribution in [0.1, 0.15) is 24.1 Å². The van der Waals surface area contributed by atoms with Crippen LogP contribution in [0.2, 0.25) is 0 Å². The van der Waals surface area contributed by atoms with E-state index >= 15 is 0 Å². The van der Waals surface area contributed by atoms with Crippen molar-refractivity contribution in [2.24, 2.45) is 0 Å². The first kappa shape index (κ1) is 13.9. The first-order valence-corrected chi connectivity index (χ1v) is 6.24. The summed E-state index contributed by atoms with van der Waals surface area (Å²) in [6.45, 7) is 1.99. The van der Waals surface area contributed by atoms with Crippen molar-refractivity contribution in [3.05, 3.63) is 59.4 Å². The minimum atomic E-state index is -0.335. The zero-order valence-corrected chi connectivity index (χ0v) is 11.4. The van der Waals surface area contributed by atoms with Crippen LogP contribution in [0.5, 0.6) is 5.75 Å². The fourth-order valence-corrected chi connectivity index (χ4v) is 1.95. The van der Waals surface area contributed by atoms with Gasteiger partial charge in [-0.15, -0.1) is 0 Å². The lowest BCUT2D eigenvalue weighted by atomic mass is 10.1. The van der Waals surface area contributed by atoms with Gasteiger partial charge in [0.1, 0.15) is 11.6 Å². The standard InChI is InChI=1S/C16H15FN2O/c1-11(13-5-3-12(10-18)4-6-13)19-15-8-7-14(17)9-16(15)20-2/h3-9,11,19H,1-2H3. The Kier molecular flexibility index (Phi) is 4.21. The smallest absolute Gasteiger partial charge is 0.144 e. The summed E-state index contributed by atoms with van der Waals surface area (Å²) in [6.07, 6.45) is 0. The molecule has 0 aliphatic rings. The second kappa shape index (κ2) is 6.07. The van der Waals surface area contributed by atoms with Crippen LogP contribution in [0.4, 0.5) is 10.1 Å². The topological polar surface area (TPSA) is 45.0 Å². The monoisotopic (exact) mass is 270 g/mol. The third-order valence-corrected chi connectivity index (χ3v) is 3.08. The number of ether oxygens (including phenoxy) is 1. The molecule has 4 heteroatoms. The van der Waals surface area contributed by atoms with Crippen molar-refractivity contribution in [3.8, 4) is 11.8 Å². The molecule has 0 aliphatic heterocycles. The molecule has 1 atom stereocenters. The molecule has 1 N–H and O–H groups in total. The summed E-state index contributed by atoms with van der Waals surface area (Å²) < 4.78 is 18.3. The first-order valence-electron chi connectivity index (χ1n) is 6.24. The highest BCUT2D eigenvalue weighted by molar-refractivity contribution is 5.57. The Balaban J connectivity index is 2.18. The SMILES string of the molecule is COc1cc(F)ccc1NC(C)c1ccc(C#N)cc1. The van der Waals surface area contributed by atoms with Crippen molar-refractivity contribution in [1.29, 1.82) is 5.26 Å². The average molecular weight is 270 g/mol. The Morgan fingerprint density at radius 3 is 2.50 bits per heavy atom. The largest absolute Gasteiger partial charge is 0.494 e. The molecule has 0 amide bonds. The van der Waals surface area contributed by atoms with Gasteiger partial charge in [-0.25, -0.2) is 4.39 Å². The Bertz CT molecular complexity index is 632. The molecular formula is C16H15FN2O. The van der Waals surface area contributed by atoms with Crippen LogP contribution in [0.15, 0.2) is 42.5 Å². The van der Waals surface area contributed by atoms with Crippen LogP contribution in [-0.4, -0.2) is 7.11 Å². The summed E-state index contributed by atoms with van der Waals surface area (Å²) in [4.78, 5) is 0. The number of rotatable bonds is 4. The number of nitrogens with zero attached hydrogens (tertiary/aromatic N) is 1. The van der Waals surface area contributed by atoms with E-state index in [0.717, 1.165) is 11.3 Å². The lowest BCUT2D eigenvalue weighted by Gasteiger charge is -2.18. The zero-order chi connectivity index (χ0) is 14.5. The molecule has 0 aliphatic carbocycles. The first-order chi connectivity index (χ1) is 9.63. The van der Waals surface area contributed by atoms with Crippen LogP contribution in [-0.2, 0) is 0 Å². The molecule has 0 fully saturated rings. The van der Waals surface area contributed by atoms with E-state index in [1.165, 1.54) is 19.2 Å². The third kappa shape index (κ3) is 3.07. The van der Waals surface area contributed by atoms with E-state index in [4.69, 9.17) is 10.00 Å². The predicted molar refractivity (Wildman–Crippen MR) is 76.1 cm³/mol. The average Bonchev–Trinajstić information content (AvgIpc) is 2.49. The van der Waals surface area contributed by atoms with Crippen molar-refractivity contribution in [2.75, 3.05) is 12.4 Å². The minimum absolute atomic E-state index is 0.0158. The molecule has 20 heavy (non-hydrogen) atoms. The highest BCUT2D eigenvalue weighted by atomic mass is 19.1. The minimum Gasteiger partial charge on any atom is -0.494 e. The maximum absolute atomic E-state index is 13.1. The Labute approximate surface area is 117 Å². The molecular weight excluding hydrogens is 255 g/mol. The molecule has 3 nitrogen and oxygen atoms in total. The normalized spacial score (nSPS) is 11.5. The van der Waals surface area contributed by atoms with E-state index in [1.807, 2.05) is 19.1 Å². The van der Waals surface area contributed by atoms with E-state index < -0.39 is 0 Å². The molecule has 2 rings (SSSR count). The van der Waals surface area contributed by atoms with Gasteiger partial charge in [0.05, 0.1) is 24.4 Å². The number of methoxy groups -OCH3 is 1. The lowest BCUT2D eigenvalue weighted by Crippen LogP contribution is -2.07. The molecule has 0 bridgehead atoms. The number of halogens is 1. The third-order valence-electron chi connectivity index (χ3n) is 3.08. The summed E-state index contributed by atoms with van der Waals surface area (Å²) in [5.74, 6) is 0.129. The molecule has 0 spiro atoms. The molecule has 2 aromatic rings. The molecule has 1 unspecified atom stereocenters. The number of hydrogen-bond donors (Lipinski definition) is 1. The predicted octanol–water partition coefficient (Wildman–Crippen LogP) is 3.88. The van der Waals surface area contributed by atoms with E-state index in [9.17, 15) is 4.39 Å². The lowest BCUT2D eigenvalue weighted by molar-refractivity contribution is 0.412. The van der Waals surface area contributed by atoms with Crippen molar-refractivity contribution >= 4 is 5.69 Å². The fourth-order valence-electron chi connectivity index (χ4n) is 1.95. The van der Waals surface area contributed by atoms with Crippen molar-refractivity contribution < 1.29 is 9.13 Å². The van der Waals surface area contributed by atoms with E-state index in [1.54, 1.807) is 18.2 Å². The highest BCUT2D eigenvalue weighted by Crippen LogP contribution is 2.28. The van der Waals surface area contributed by atoms with E-state index in [2.05, 4.69) is 11.4 Å². The Hall–Kier alpha value is -2.54. The number of nitriles is 1. The van der Waals surface area contributed by atoms with Gasteiger partial charge in [-0.05, 0) is 36.8 Å². The van der Waals surface area contributed by atoms with Crippen molar-refractivity contribution in [3.63, 3.8) is 0 Å².